The summed E-state index contributed by atoms with van der Waals surface area (Å²) in [4.78, 5) is 2.41. The van der Waals surface area contributed by atoms with Crippen LogP contribution in [0.15, 0.2) is 18.2 Å². The molecule has 0 bridgehead atoms. The predicted octanol–water partition coefficient (Wildman–Crippen LogP) is 3.23. The van der Waals surface area contributed by atoms with Crippen molar-refractivity contribution in [3.63, 3.8) is 0 Å². The molecule has 1 aromatic carbocycles. The maximum atomic E-state index is 9.67. The summed E-state index contributed by atoms with van der Waals surface area (Å²) in [5.74, 6) is 0. The minimum atomic E-state index is 0.110. The van der Waals surface area contributed by atoms with Gasteiger partial charge in [-0.15, -0.1) is 0 Å². The molecule has 0 radical (unpaired) electrons. The molecular formula is C18H30N2O. The van der Waals surface area contributed by atoms with Gasteiger partial charge in [-0.25, -0.2) is 0 Å². The number of nitrogens with zero attached hydrogens (tertiary/aromatic N) is 1. The van der Waals surface area contributed by atoms with Gasteiger partial charge in [0.15, 0.2) is 0 Å². The van der Waals surface area contributed by atoms with Crippen molar-refractivity contribution in [2.24, 2.45) is 0 Å². The van der Waals surface area contributed by atoms with Gasteiger partial charge < -0.3 is 15.3 Å². The summed E-state index contributed by atoms with van der Waals surface area (Å²) >= 11 is 0. The van der Waals surface area contributed by atoms with Crippen molar-refractivity contribution in [1.82, 2.24) is 5.32 Å². The molecule has 1 saturated heterocycles. The van der Waals surface area contributed by atoms with Crippen molar-refractivity contribution >= 4 is 5.69 Å². The number of hydrogen-bond acceptors (Lipinski definition) is 3. The summed E-state index contributed by atoms with van der Waals surface area (Å²) < 4.78 is 0. The molecule has 1 aliphatic heterocycles. The number of nitrogens with one attached hydrogen (secondary N) is 1. The monoisotopic (exact) mass is 290 g/mol. The van der Waals surface area contributed by atoms with E-state index in [4.69, 9.17) is 0 Å². The van der Waals surface area contributed by atoms with E-state index in [2.05, 4.69) is 56.1 Å². The molecule has 0 spiro atoms. The summed E-state index contributed by atoms with van der Waals surface area (Å²) in [5, 5.41) is 13.3. The highest BCUT2D eigenvalue weighted by atomic mass is 16.3. The predicted molar refractivity (Wildman–Crippen MR) is 89.8 cm³/mol. The number of anilines is 1. The summed E-state index contributed by atoms with van der Waals surface area (Å²) in [7, 11) is 0. The number of aliphatic hydroxyl groups excluding tert-OH is 1. The van der Waals surface area contributed by atoms with Crippen LogP contribution in [0.4, 0.5) is 5.69 Å². The minimum Gasteiger partial charge on any atom is -0.394 e. The largest absolute Gasteiger partial charge is 0.394 e. The molecule has 0 saturated carbocycles. The van der Waals surface area contributed by atoms with Gasteiger partial charge in [0.2, 0.25) is 0 Å². The highest BCUT2D eigenvalue weighted by Crippen LogP contribution is 2.29. The average molecular weight is 290 g/mol. The standard InChI is InChI=1S/C18H30N2O/c1-14-8-9-17(15(11-14)12-19-18(2,3)4)20-10-6-5-7-16(20)13-21/h8-9,11,16,19,21H,5-7,10,12-13H2,1-4H3. The highest BCUT2D eigenvalue weighted by molar-refractivity contribution is 5.56. The quantitative estimate of drug-likeness (QED) is 0.893. The first-order valence-corrected chi connectivity index (χ1v) is 8.13. The van der Waals surface area contributed by atoms with Crippen molar-refractivity contribution < 1.29 is 5.11 Å². The van der Waals surface area contributed by atoms with E-state index in [1.165, 1.54) is 29.7 Å². The first-order valence-electron chi connectivity index (χ1n) is 8.13. The normalized spacial score (nSPS) is 19.9. The summed E-state index contributed by atoms with van der Waals surface area (Å²) in [6.45, 7) is 10.9. The van der Waals surface area contributed by atoms with Crippen LogP contribution in [-0.2, 0) is 6.54 Å². The van der Waals surface area contributed by atoms with E-state index in [0.29, 0.717) is 0 Å². The van der Waals surface area contributed by atoms with Gasteiger partial charge in [-0.2, -0.15) is 0 Å². The Hall–Kier alpha value is -1.06. The van der Waals surface area contributed by atoms with Gasteiger partial charge in [-0.3, -0.25) is 0 Å². The van der Waals surface area contributed by atoms with Crippen LogP contribution in [-0.4, -0.2) is 29.8 Å². The zero-order chi connectivity index (χ0) is 15.5. The summed E-state index contributed by atoms with van der Waals surface area (Å²) in [5.41, 5.74) is 4.03. The van der Waals surface area contributed by atoms with E-state index in [0.717, 1.165) is 19.5 Å². The molecule has 1 unspecified atom stereocenters. The van der Waals surface area contributed by atoms with Crippen LogP contribution < -0.4 is 10.2 Å². The molecule has 2 N–H and O–H groups in total. The van der Waals surface area contributed by atoms with Crippen LogP contribution in [0.1, 0.15) is 51.2 Å². The van der Waals surface area contributed by atoms with Gasteiger partial charge in [0.05, 0.1) is 12.6 Å². The number of aryl methyl sites for hydroxylation is 1. The molecule has 1 heterocycles. The fourth-order valence-electron chi connectivity index (χ4n) is 3.00. The topological polar surface area (TPSA) is 35.5 Å². The van der Waals surface area contributed by atoms with Gasteiger partial charge in [-0.05, 0) is 58.6 Å². The molecule has 1 fully saturated rings. The van der Waals surface area contributed by atoms with Gasteiger partial charge in [0, 0.05) is 24.3 Å². The van der Waals surface area contributed by atoms with E-state index in [-0.39, 0.29) is 18.2 Å². The van der Waals surface area contributed by atoms with Gasteiger partial charge in [0.1, 0.15) is 0 Å². The Balaban J connectivity index is 2.25. The molecule has 3 heteroatoms. The highest BCUT2D eigenvalue weighted by Gasteiger charge is 2.24. The second-order valence-electron chi connectivity index (χ2n) is 7.26. The Bertz CT molecular complexity index is 465. The van der Waals surface area contributed by atoms with Gasteiger partial charge in [-0.1, -0.05) is 17.7 Å². The van der Waals surface area contributed by atoms with Crippen molar-refractivity contribution in [3.8, 4) is 0 Å². The maximum Gasteiger partial charge on any atom is 0.0635 e. The molecule has 118 valence electrons. The molecule has 0 aromatic heterocycles. The zero-order valence-electron chi connectivity index (χ0n) is 13.9. The number of benzene rings is 1. The van der Waals surface area contributed by atoms with Crippen molar-refractivity contribution in [2.75, 3.05) is 18.1 Å². The second-order valence-corrected chi connectivity index (χ2v) is 7.26. The van der Waals surface area contributed by atoms with Crippen LogP contribution in [0.25, 0.3) is 0 Å². The SMILES string of the molecule is Cc1ccc(N2CCCCC2CO)c(CNC(C)(C)C)c1. The Morgan fingerprint density at radius 1 is 1.29 bits per heavy atom. The maximum absolute atomic E-state index is 9.67. The summed E-state index contributed by atoms with van der Waals surface area (Å²) in [6, 6.07) is 6.95. The third-order valence-corrected chi connectivity index (χ3v) is 4.19. The fraction of sp³-hybridized carbons (Fsp3) is 0.667. The average Bonchev–Trinajstić information content (AvgIpc) is 2.44. The summed E-state index contributed by atoms with van der Waals surface area (Å²) in [6.07, 6.45) is 3.54. The number of rotatable bonds is 4. The molecular weight excluding hydrogens is 260 g/mol. The van der Waals surface area contributed by atoms with Gasteiger partial charge in [0.25, 0.3) is 0 Å². The lowest BCUT2D eigenvalue weighted by Crippen LogP contribution is -2.43. The lowest BCUT2D eigenvalue weighted by Gasteiger charge is -2.38. The first-order chi connectivity index (χ1) is 9.90. The molecule has 1 atom stereocenters. The van der Waals surface area contributed by atoms with Crippen LogP contribution in [0.3, 0.4) is 0 Å². The Labute approximate surface area is 129 Å². The molecule has 0 aliphatic carbocycles. The Morgan fingerprint density at radius 2 is 2.05 bits per heavy atom. The van der Waals surface area contributed by atoms with Crippen molar-refractivity contribution in [1.29, 1.82) is 0 Å². The smallest absolute Gasteiger partial charge is 0.0635 e. The molecule has 0 amide bonds. The van der Waals surface area contributed by atoms with Crippen LogP contribution >= 0.6 is 0 Å². The van der Waals surface area contributed by atoms with Crippen LogP contribution in [0, 0.1) is 6.92 Å². The van der Waals surface area contributed by atoms with Crippen LogP contribution in [0.5, 0.6) is 0 Å². The van der Waals surface area contributed by atoms with E-state index in [9.17, 15) is 5.11 Å². The third kappa shape index (κ3) is 4.45. The first kappa shape index (κ1) is 16.3. The van der Waals surface area contributed by atoms with E-state index in [1.54, 1.807) is 0 Å². The molecule has 3 nitrogen and oxygen atoms in total. The number of piperidine rings is 1. The van der Waals surface area contributed by atoms with Gasteiger partial charge >= 0.3 is 0 Å². The Kier molecular flexibility index (Phi) is 5.28. The third-order valence-electron chi connectivity index (χ3n) is 4.19. The molecule has 1 aromatic rings. The molecule has 21 heavy (non-hydrogen) atoms. The number of aliphatic hydroxyl groups is 1. The minimum absolute atomic E-state index is 0.110. The van der Waals surface area contributed by atoms with E-state index < -0.39 is 0 Å². The lowest BCUT2D eigenvalue weighted by atomic mass is 9.99. The van der Waals surface area contributed by atoms with E-state index in [1.807, 2.05) is 0 Å². The fourth-order valence-corrected chi connectivity index (χ4v) is 3.00. The molecule has 1 aliphatic rings. The van der Waals surface area contributed by atoms with Crippen molar-refractivity contribution in [3.05, 3.63) is 29.3 Å². The number of hydrogen-bond donors (Lipinski definition) is 2. The molecule has 2 rings (SSSR count). The van der Waals surface area contributed by atoms with E-state index >= 15 is 0 Å². The van der Waals surface area contributed by atoms with Crippen molar-refractivity contribution in [2.45, 2.75) is 65.1 Å². The Morgan fingerprint density at radius 3 is 2.71 bits per heavy atom. The zero-order valence-corrected chi connectivity index (χ0v) is 13.9. The second kappa shape index (κ2) is 6.80. The lowest BCUT2D eigenvalue weighted by molar-refractivity contribution is 0.240. The van der Waals surface area contributed by atoms with Crippen LogP contribution in [0.2, 0.25) is 0 Å².